The van der Waals surface area contributed by atoms with Crippen LogP contribution in [0.3, 0.4) is 0 Å². The highest BCUT2D eigenvalue weighted by atomic mass is 32.1. The van der Waals surface area contributed by atoms with Crippen molar-refractivity contribution in [3.05, 3.63) is 0 Å². The van der Waals surface area contributed by atoms with E-state index in [0.717, 1.165) is 19.4 Å². The van der Waals surface area contributed by atoms with Gasteiger partial charge in [0.05, 0.1) is 26.4 Å². The Labute approximate surface area is 85.8 Å². The summed E-state index contributed by atoms with van der Waals surface area (Å²) in [6.45, 7) is 4.51. The van der Waals surface area contributed by atoms with Crippen molar-refractivity contribution in [2.75, 3.05) is 33.0 Å². The molecule has 0 aliphatic carbocycles. The summed E-state index contributed by atoms with van der Waals surface area (Å²) >= 11 is 4.26. The Bertz CT molecular complexity index is 98.9. The van der Waals surface area contributed by atoms with Gasteiger partial charge in [-0.15, -0.1) is 0 Å². The van der Waals surface area contributed by atoms with Crippen LogP contribution < -0.4 is 0 Å². The van der Waals surface area contributed by atoms with Gasteiger partial charge in [0.25, 0.3) is 0 Å². The van der Waals surface area contributed by atoms with E-state index in [1.54, 1.807) is 0 Å². The minimum absolute atomic E-state index is 0.0805. The predicted molar refractivity (Wildman–Crippen MR) is 56.4 cm³/mol. The SMILES string of the molecule is CC(S)CCCOCCOCCO. The molecule has 0 amide bonds. The lowest BCUT2D eigenvalue weighted by atomic mass is 10.2. The molecule has 0 aromatic heterocycles. The van der Waals surface area contributed by atoms with E-state index in [1.165, 1.54) is 0 Å². The quantitative estimate of drug-likeness (QED) is 0.440. The summed E-state index contributed by atoms with van der Waals surface area (Å²) in [5.41, 5.74) is 0. The molecule has 4 heteroatoms. The molecule has 80 valence electrons. The van der Waals surface area contributed by atoms with Crippen molar-refractivity contribution in [3.8, 4) is 0 Å². The summed E-state index contributed by atoms with van der Waals surface area (Å²) in [4.78, 5) is 0. The first-order valence-corrected chi connectivity index (χ1v) is 5.23. The molecule has 1 unspecified atom stereocenters. The second-order valence-corrected chi connectivity index (χ2v) is 3.82. The summed E-state index contributed by atoms with van der Waals surface area (Å²) in [5.74, 6) is 0. The molecule has 0 fully saturated rings. The Morgan fingerprint density at radius 2 is 1.77 bits per heavy atom. The van der Waals surface area contributed by atoms with E-state index in [-0.39, 0.29) is 6.61 Å². The highest BCUT2D eigenvalue weighted by Crippen LogP contribution is 2.02. The van der Waals surface area contributed by atoms with Gasteiger partial charge in [-0.2, -0.15) is 12.6 Å². The Balaban J connectivity index is 2.84. The van der Waals surface area contributed by atoms with Gasteiger partial charge in [-0.3, -0.25) is 0 Å². The van der Waals surface area contributed by atoms with Gasteiger partial charge < -0.3 is 14.6 Å². The lowest BCUT2D eigenvalue weighted by Gasteiger charge is -2.05. The Hall–Kier alpha value is 0.230. The zero-order valence-electron chi connectivity index (χ0n) is 8.24. The second-order valence-electron chi connectivity index (χ2n) is 2.94. The van der Waals surface area contributed by atoms with Crippen molar-refractivity contribution in [3.63, 3.8) is 0 Å². The van der Waals surface area contributed by atoms with Crippen LogP contribution in [0, 0.1) is 0 Å². The Morgan fingerprint density at radius 3 is 2.31 bits per heavy atom. The third-order valence-corrected chi connectivity index (χ3v) is 1.78. The summed E-state index contributed by atoms with van der Waals surface area (Å²) in [5, 5.41) is 8.85. The highest BCUT2D eigenvalue weighted by molar-refractivity contribution is 7.80. The molecule has 0 rings (SSSR count). The maximum absolute atomic E-state index is 8.39. The van der Waals surface area contributed by atoms with Gasteiger partial charge in [-0.05, 0) is 18.1 Å². The van der Waals surface area contributed by atoms with Crippen LogP contribution in [-0.2, 0) is 9.47 Å². The van der Waals surface area contributed by atoms with E-state index < -0.39 is 0 Å². The van der Waals surface area contributed by atoms with Crippen LogP contribution >= 0.6 is 12.6 Å². The molecule has 0 aliphatic heterocycles. The van der Waals surface area contributed by atoms with Crippen molar-refractivity contribution >= 4 is 12.6 Å². The van der Waals surface area contributed by atoms with Gasteiger partial charge in [0.15, 0.2) is 0 Å². The maximum atomic E-state index is 8.39. The molecular weight excluding hydrogens is 188 g/mol. The molecule has 13 heavy (non-hydrogen) atoms. The third-order valence-electron chi connectivity index (χ3n) is 1.52. The smallest absolute Gasteiger partial charge is 0.0701 e. The van der Waals surface area contributed by atoms with Crippen molar-refractivity contribution in [2.24, 2.45) is 0 Å². The lowest BCUT2D eigenvalue weighted by Crippen LogP contribution is -2.08. The second kappa shape index (κ2) is 10.3. The van der Waals surface area contributed by atoms with Crippen molar-refractivity contribution < 1.29 is 14.6 Å². The topological polar surface area (TPSA) is 38.7 Å². The number of hydrogen-bond acceptors (Lipinski definition) is 4. The molecule has 1 atom stereocenters. The molecule has 0 bridgehead atoms. The number of hydrogen-bond donors (Lipinski definition) is 2. The number of aliphatic hydroxyl groups is 1. The van der Waals surface area contributed by atoms with Gasteiger partial charge in [-0.1, -0.05) is 6.92 Å². The standard InChI is InChI=1S/C9H20O3S/c1-9(13)3-2-5-11-7-8-12-6-4-10/h9-10,13H,2-8H2,1H3. The summed E-state index contributed by atoms with van der Waals surface area (Å²) in [7, 11) is 0. The molecule has 0 saturated carbocycles. The van der Waals surface area contributed by atoms with Crippen LogP contribution in [0.5, 0.6) is 0 Å². The first-order chi connectivity index (χ1) is 6.27. The van der Waals surface area contributed by atoms with Crippen molar-refractivity contribution in [1.29, 1.82) is 0 Å². The predicted octanol–water partition coefficient (Wildman–Crippen LogP) is 1.11. The van der Waals surface area contributed by atoms with Gasteiger partial charge in [0.2, 0.25) is 0 Å². The number of aliphatic hydroxyl groups excluding tert-OH is 1. The van der Waals surface area contributed by atoms with Crippen molar-refractivity contribution in [2.45, 2.75) is 25.0 Å². The van der Waals surface area contributed by atoms with Gasteiger partial charge in [0, 0.05) is 6.61 Å². The molecule has 0 aromatic carbocycles. The molecular formula is C9H20O3S. The van der Waals surface area contributed by atoms with Gasteiger partial charge >= 0.3 is 0 Å². The average Bonchev–Trinajstić information content (AvgIpc) is 2.09. The monoisotopic (exact) mass is 208 g/mol. The zero-order chi connectivity index (χ0) is 9.94. The summed E-state index contributed by atoms with van der Waals surface area (Å²) in [6, 6.07) is 0. The molecule has 0 aromatic rings. The van der Waals surface area contributed by atoms with Crippen LogP contribution in [0.1, 0.15) is 19.8 Å². The minimum atomic E-state index is 0.0805. The van der Waals surface area contributed by atoms with E-state index in [1.807, 2.05) is 0 Å². The van der Waals surface area contributed by atoms with E-state index >= 15 is 0 Å². The molecule has 0 saturated heterocycles. The third kappa shape index (κ3) is 12.2. The zero-order valence-corrected chi connectivity index (χ0v) is 9.13. The fourth-order valence-corrected chi connectivity index (χ4v) is 1.05. The molecule has 1 N–H and O–H groups in total. The number of thiol groups is 1. The number of rotatable bonds is 9. The first-order valence-electron chi connectivity index (χ1n) is 4.71. The van der Waals surface area contributed by atoms with E-state index in [9.17, 15) is 0 Å². The van der Waals surface area contributed by atoms with Crippen LogP contribution in [-0.4, -0.2) is 43.4 Å². The van der Waals surface area contributed by atoms with Crippen LogP contribution in [0.15, 0.2) is 0 Å². The first kappa shape index (κ1) is 13.2. The van der Waals surface area contributed by atoms with E-state index in [2.05, 4.69) is 19.6 Å². The fraction of sp³-hybridized carbons (Fsp3) is 1.00. The van der Waals surface area contributed by atoms with Gasteiger partial charge in [0.1, 0.15) is 0 Å². The summed E-state index contributed by atoms with van der Waals surface area (Å²) < 4.78 is 10.3. The number of ether oxygens (including phenoxy) is 2. The summed E-state index contributed by atoms with van der Waals surface area (Å²) in [6.07, 6.45) is 2.13. The van der Waals surface area contributed by atoms with Crippen molar-refractivity contribution in [1.82, 2.24) is 0 Å². The highest BCUT2D eigenvalue weighted by Gasteiger charge is 1.94. The Kier molecular flexibility index (Phi) is 10.5. The molecule has 0 radical (unpaired) electrons. The fourth-order valence-electron chi connectivity index (χ4n) is 0.867. The van der Waals surface area contributed by atoms with Crippen LogP contribution in [0.2, 0.25) is 0 Å². The largest absolute Gasteiger partial charge is 0.394 e. The molecule has 0 spiro atoms. The van der Waals surface area contributed by atoms with Crippen LogP contribution in [0.25, 0.3) is 0 Å². The van der Waals surface area contributed by atoms with E-state index in [4.69, 9.17) is 14.6 Å². The molecule has 0 heterocycles. The van der Waals surface area contributed by atoms with Crippen LogP contribution in [0.4, 0.5) is 0 Å². The normalized spacial score (nSPS) is 13.2. The minimum Gasteiger partial charge on any atom is -0.394 e. The van der Waals surface area contributed by atoms with Gasteiger partial charge in [-0.25, -0.2) is 0 Å². The average molecular weight is 208 g/mol. The molecule has 0 aliphatic rings. The molecule has 3 nitrogen and oxygen atoms in total. The lowest BCUT2D eigenvalue weighted by molar-refractivity contribution is 0.0322. The Morgan fingerprint density at radius 1 is 1.15 bits per heavy atom. The van der Waals surface area contributed by atoms with E-state index in [0.29, 0.717) is 25.1 Å². The maximum Gasteiger partial charge on any atom is 0.0701 e.